The molecule has 6 heteroatoms. The summed E-state index contributed by atoms with van der Waals surface area (Å²) in [5, 5.41) is 0.429. The molecule has 1 aliphatic carbocycles. The van der Waals surface area contributed by atoms with Gasteiger partial charge in [0.15, 0.2) is 0 Å². The average Bonchev–Trinajstić information content (AvgIpc) is 2.64. The first-order chi connectivity index (χ1) is 9.50. The fourth-order valence-corrected chi connectivity index (χ4v) is 4.42. The average molecular weight is 422 g/mol. The van der Waals surface area contributed by atoms with Gasteiger partial charge < -0.3 is 0 Å². The molecule has 0 spiro atoms. The summed E-state index contributed by atoms with van der Waals surface area (Å²) in [5.74, 6) is -0.734. The fourth-order valence-electron chi connectivity index (χ4n) is 2.97. The number of amides is 2. The lowest BCUT2D eigenvalue weighted by molar-refractivity contribution is -0.122. The van der Waals surface area contributed by atoms with Gasteiger partial charge in [0.2, 0.25) is 11.8 Å². The van der Waals surface area contributed by atoms with E-state index >= 15 is 0 Å². The minimum Gasteiger partial charge on any atom is -0.274 e. The highest BCUT2D eigenvalue weighted by Gasteiger charge is 2.52. The van der Waals surface area contributed by atoms with Crippen LogP contribution in [-0.2, 0) is 9.59 Å². The maximum Gasteiger partial charge on any atom is 0.237 e. The molecule has 20 heavy (non-hydrogen) atoms. The van der Waals surface area contributed by atoms with Crippen LogP contribution >= 0.6 is 43.5 Å². The summed E-state index contributed by atoms with van der Waals surface area (Å²) in [6.45, 7) is 0. The van der Waals surface area contributed by atoms with Crippen molar-refractivity contribution in [2.75, 3.05) is 4.90 Å². The standard InChI is InChI=1S/C14H12Br2ClNO2/c15-9-5-7-8(6-10(9)16)14(20)18(13(7)19)12-4-2-1-3-11(12)17/h1-4,7-10H,5-6H2/t7-,8+,9-,10-/m0/s1. The zero-order chi connectivity index (χ0) is 14.4. The van der Waals surface area contributed by atoms with Gasteiger partial charge in [0.1, 0.15) is 0 Å². The van der Waals surface area contributed by atoms with E-state index < -0.39 is 0 Å². The van der Waals surface area contributed by atoms with Gasteiger partial charge in [-0.2, -0.15) is 0 Å². The summed E-state index contributed by atoms with van der Waals surface area (Å²) in [6, 6.07) is 6.98. The van der Waals surface area contributed by atoms with Crippen LogP contribution in [0.4, 0.5) is 5.69 Å². The maximum atomic E-state index is 12.6. The molecule has 106 valence electrons. The molecule has 0 aromatic heterocycles. The molecule has 1 saturated carbocycles. The van der Waals surface area contributed by atoms with E-state index in [-0.39, 0.29) is 33.3 Å². The van der Waals surface area contributed by atoms with Crippen LogP contribution in [0.5, 0.6) is 0 Å². The summed E-state index contributed by atoms with van der Waals surface area (Å²) in [6.07, 6.45) is 1.35. The second-order valence-electron chi connectivity index (χ2n) is 5.18. The fraction of sp³-hybridized carbons (Fsp3) is 0.429. The van der Waals surface area contributed by atoms with Gasteiger partial charge in [-0.3, -0.25) is 9.59 Å². The number of rotatable bonds is 1. The Morgan fingerprint density at radius 3 is 2.00 bits per heavy atom. The van der Waals surface area contributed by atoms with E-state index in [9.17, 15) is 9.59 Å². The predicted molar refractivity (Wildman–Crippen MR) is 85.6 cm³/mol. The van der Waals surface area contributed by atoms with Crippen molar-refractivity contribution in [2.45, 2.75) is 22.5 Å². The maximum absolute atomic E-state index is 12.6. The van der Waals surface area contributed by atoms with E-state index in [0.717, 1.165) is 0 Å². The van der Waals surface area contributed by atoms with Crippen LogP contribution in [0.2, 0.25) is 5.02 Å². The quantitative estimate of drug-likeness (QED) is 0.511. The number of imide groups is 1. The number of para-hydroxylation sites is 1. The highest BCUT2D eigenvalue weighted by Crippen LogP contribution is 2.45. The molecule has 1 aliphatic heterocycles. The van der Waals surface area contributed by atoms with Crippen LogP contribution < -0.4 is 4.90 Å². The molecule has 2 fully saturated rings. The topological polar surface area (TPSA) is 37.4 Å². The molecule has 0 N–H and O–H groups in total. The molecular formula is C14H12Br2ClNO2. The largest absolute Gasteiger partial charge is 0.274 e. The third-order valence-electron chi connectivity index (χ3n) is 4.00. The van der Waals surface area contributed by atoms with E-state index in [2.05, 4.69) is 31.9 Å². The van der Waals surface area contributed by atoms with Crippen molar-refractivity contribution in [1.82, 2.24) is 0 Å². The Hall–Kier alpha value is -0.390. The number of halogens is 3. The summed E-state index contributed by atoms with van der Waals surface area (Å²) < 4.78 is 0. The lowest BCUT2D eigenvalue weighted by Gasteiger charge is -2.29. The van der Waals surface area contributed by atoms with Gasteiger partial charge >= 0.3 is 0 Å². The van der Waals surface area contributed by atoms with Gasteiger partial charge in [0, 0.05) is 9.65 Å². The zero-order valence-corrected chi connectivity index (χ0v) is 14.4. The van der Waals surface area contributed by atoms with Gasteiger partial charge in [0.05, 0.1) is 22.5 Å². The van der Waals surface area contributed by atoms with E-state index in [1.54, 1.807) is 24.3 Å². The van der Waals surface area contributed by atoms with Crippen LogP contribution in [0.15, 0.2) is 24.3 Å². The Morgan fingerprint density at radius 1 is 1.00 bits per heavy atom. The van der Waals surface area contributed by atoms with Gasteiger partial charge in [-0.1, -0.05) is 55.6 Å². The number of carbonyl (C=O) groups excluding carboxylic acids is 2. The first kappa shape index (κ1) is 14.5. The van der Waals surface area contributed by atoms with Crippen molar-refractivity contribution in [3.63, 3.8) is 0 Å². The summed E-state index contributed by atoms with van der Waals surface area (Å²) in [4.78, 5) is 26.8. The monoisotopic (exact) mass is 419 g/mol. The molecule has 1 aromatic rings. The van der Waals surface area contributed by atoms with Gasteiger partial charge in [-0.15, -0.1) is 0 Å². The summed E-state index contributed by atoms with van der Waals surface area (Å²) >= 11 is 13.3. The molecule has 2 aliphatic rings. The third kappa shape index (κ3) is 2.24. The smallest absolute Gasteiger partial charge is 0.237 e. The van der Waals surface area contributed by atoms with Crippen LogP contribution in [0, 0.1) is 11.8 Å². The molecule has 0 bridgehead atoms. The SMILES string of the molecule is O=C1[C@H]2C[C@H](Br)[C@@H](Br)C[C@H]2C(=O)N1c1ccccc1Cl. The van der Waals surface area contributed by atoms with Gasteiger partial charge in [0.25, 0.3) is 0 Å². The number of hydrogen-bond acceptors (Lipinski definition) is 2. The first-order valence-electron chi connectivity index (χ1n) is 6.41. The van der Waals surface area contributed by atoms with Crippen LogP contribution in [0.25, 0.3) is 0 Å². The van der Waals surface area contributed by atoms with Crippen molar-refractivity contribution in [3.8, 4) is 0 Å². The molecule has 0 unspecified atom stereocenters. The van der Waals surface area contributed by atoms with E-state index in [0.29, 0.717) is 23.6 Å². The number of hydrogen-bond donors (Lipinski definition) is 0. The van der Waals surface area contributed by atoms with E-state index in [4.69, 9.17) is 11.6 Å². The Kier molecular flexibility index (Phi) is 3.95. The minimum atomic E-state index is -0.239. The molecule has 4 atom stereocenters. The molecule has 0 radical (unpaired) electrons. The molecular weight excluding hydrogens is 409 g/mol. The van der Waals surface area contributed by atoms with Crippen LogP contribution in [0.3, 0.4) is 0 Å². The minimum absolute atomic E-state index is 0.128. The molecule has 2 amide bonds. The summed E-state index contributed by atoms with van der Waals surface area (Å²) in [5.41, 5.74) is 0.496. The Bertz CT molecular complexity index is 552. The van der Waals surface area contributed by atoms with Crippen LogP contribution in [0.1, 0.15) is 12.8 Å². The zero-order valence-electron chi connectivity index (χ0n) is 10.4. The van der Waals surface area contributed by atoms with E-state index in [1.165, 1.54) is 4.90 Å². The molecule has 1 saturated heterocycles. The number of alkyl halides is 2. The molecule has 3 rings (SSSR count). The Morgan fingerprint density at radius 2 is 1.50 bits per heavy atom. The second-order valence-corrected chi connectivity index (χ2v) is 7.94. The predicted octanol–water partition coefficient (Wildman–Crippen LogP) is 3.77. The van der Waals surface area contributed by atoms with Crippen LogP contribution in [-0.4, -0.2) is 21.5 Å². The highest BCUT2D eigenvalue weighted by molar-refractivity contribution is 9.12. The van der Waals surface area contributed by atoms with Gasteiger partial charge in [-0.25, -0.2) is 4.90 Å². The Balaban J connectivity index is 1.97. The normalized spacial score (nSPS) is 33.5. The molecule has 1 heterocycles. The first-order valence-corrected chi connectivity index (χ1v) is 8.62. The number of anilines is 1. The lowest BCUT2D eigenvalue weighted by atomic mass is 9.81. The number of benzene rings is 1. The number of fused-ring (bicyclic) bond motifs is 1. The van der Waals surface area contributed by atoms with Crippen molar-refractivity contribution < 1.29 is 9.59 Å². The summed E-state index contributed by atoms with van der Waals surface area (Å²) in [7, 11) is 0. The molecule has 1 aromatic carbocycles. The van der Waals surface area contributed by atoms with E-state index in [1.807, 2.05) is 0 Å². The van der Waals surface area contributed by atoms with Crippen molar-refractivity contribution in [2.24, 2.45) is 11.8 Å². The molecule has 3 nitrogen and oxygen atoms in total. The Labute approximate surface area is 138 Å². The van der Waals surface area contributed by atoms with Crippen molar-refractivity contribution in [1.29, 1.82) is 0 Å². The highest BCUT2D eigenvalue weighted by atomic mass is 79.9. The third-order valence-corrected chi connectivity index (χ3v) is 7.06. The number of nitrogens with zero attached hydrogens (tertiary/aromatic N) is 1. The van der Waals surface area contributed by atoms with Gasteiger partial charge in [-0.05, 0) is 25.0 Å². The number of carbonyl (C=O) groups is 2. The lowest BCUT2D eigenvalue weighted by Crippen LogP contribution is -2.34. The van der Waals surface area contributed by atoms with Crippen molar-refractivity contribution in [3.05, 3.63) is 29.3 Å². The van der Waals surface area contributed by atoms with Crippen molar-refractivity contribution >= 4 is 61.0 Å². The second kappa shape index (κ2) is 5.43.